The molecule has 1 aliphatic rings. The Labute approximate surface area is 121 Å². The molecule has 1 atom stereocenters. The largest absolute Gasteiger partial charge is 0.368 e. The van der Waals surface area contributed by atoms with E-state index in [0.717, 1.165) is 29.0 Å². The highest BCUT2D eigenvalue weighted by molar-refractivity contribution is 8.00. The number of nitrogens with zero attached hydrogens (tertiary/aromatic N) is 2. The third-order valence-electron chi connectivity index (χ3n) is 3.33. The van der Waals surface area contributed by atoms with Gasteiger partial charge < -0.3 is 11.1 Å². The second kappa shape index (κ2) is 5.54. The predicted octanol–water partition coefficient (Wildman–Crippen LogP) is 3.14. The van der Waals surface area contributed by atoms with Gasteiger partial charge in [-0.1, -0.05) is 6.92 Å². The van der Waals surface area contributed by atoms with Gasteiger partial charge in [-0.05, 0) is 31.1 Å². The summed E-state index contributed by atoms with van der Waals surface area (Å²) < 4.78 is 0. The van der Waals surface area contributed by atoms with E-state index in [9.17, 15) is 0 Å². The van der Waals surface area contributed by atoms with E-state index in [1.807, 2.05) is 11.8 Å². The Bertz CT molecular complexity index is 575. The summed E-state index contributed by atoms with van der Waals surface area (Å²) in [5.74, 6) is 2.54. The fourth-order valence-corrected chi connectivity index (χ4v) is 4.49. The highest BCUT2D eigenvalue weighted by Gasteiger charge is 2.16. The maximum atomic E-state index is 5.80. The van der Waals surface area contributed by atoms with E-state index in [0.29, 0.717) is 11.2 Å². The van der Waals surface area contributed by atoms with E-state index in [-0.39, 0.29) is 0 Å². The van der Waals surface area contributed by atoms with Crippen LogP contribution >= 0.6 is 23.1 Å². The van der Waals surface area contributed by atoms with Gasteiger partial charge in [-0.15, -0.1) is 11.3 Å². The third-order valence-corrected chi connectivity index (χ3v) is 5.90. The molecule has 0 amide bonds. The van der Waals surface area contributed by atoms with Crippen LogP contribution in [0.5, 0.6) is 0 Å². The number of fused-ring (bicyclic) bond motifs is 1. The maximum absolute atomic E-state index is 5.80. The van der Waals surface area contributed by atoms with Crippen LogP contribution < -0.4 is 11.1 Å². The molecule has 19 heavy (non-hydrogen) atoms. The lowest BCUT2D eigenvalue weighted by Gasteiger charge is -2.11. The number of aryl methyl sites for hydroxylation is 1. The second-order valence-electron chi connectivity index (χ2n) is 4.73. The molecule has 1 aliphatic heterocycles. The Morgan fingerprint density at radius 2 is 2.37 bits per heavy atom. The summed E-state index contributed by atoms with van der Waals surface area (Å²) in [5.41, 5.74) is 5.80. The summed E-state index contributed by atoms with van der Waals surface area (Å²) in [5, 5.41) is 5.28. The van der Waals surface area contributed by atoms with Gasteiger partial charge in [0.2, 0.25) is 5.95 Å². The molecule has 1 fully saturated rings. The van der Waals surface area contributed by atoms with Crippen LogP contribution in [-0.2, 0) is 6.42 Å². The Morgan fingerprint density at radius 3 is 3.11 bits per heavy atom. The minimum Gasteiger partial charge on any atom is -0.368 e. The molecule has 2 aromatic heterocycles. The molecule has 6 heteroatoms. The summed E-state index contributed by atoms with van der Waals surface area (Å²) in [4.78, 5) is 11.0. The Morgan fingerprint density at radius 1 is 1.47 bits per heavy atom. The number of aromatic nitrogens is 2. The van der Waals surface area contributed by atoms with Crippen LogP contribution in [0.1, 0.15) is 24.6 Å². The van der Waals surface area contributed by atoms with Gasteiger partial charge in [0.1, 0.15) is 10.6 Å². The molecule has 4 nitrogen and oxygen atoms in total. The van der Waals surface area contributed by atoms with Crippen LogP contribution in [0, 0.1) is 0 Å². The molecular formula is C13H18N4S2. The SMILES string of the molecule is CCc1cc2c(NCC3CCCS3)nc(N)nc2s1. The molecule has 0 saturated carbocycles. The van der Waals surface area contributed by atoms with Crippen molar-refractivity contribution in [3.63, 3.8) is 0 Å². The summed E-state index contributed by atoms with van der Waals surface area (Å²) in [6.07, 6.45) is 3.65. The topological polar surface area (TPSA) is 63.8 Å². The number of rotatable bonds is 4. The summed E-state index contributed by atoms with van der Waals surface area (Å²) in [6.45, 7) is 3.12. The van der Waals surface area contributed by atoms with E-state index in [1.54, 1.807) is 11.3 Å². The summed E-state index contributed by atoms with van der Waals surface area (Å²) in [7, 11) is 0. The van der Waals surface area contributed by atoms with Crippen molar-refractivity contribution in [1.82, 2.24) is 9.97 Å². The number of nitrogens with one attached hydrogen (secondary N) is 1. The van der Waals surface area contributed by atoms with Crippen molar-refractivity contribution >= 4 is 45.1 Å². The fraction of sp³-hybridized carbons (Fsp3) is 0.538. The minimum absolute atomic E-state index is 0.360. The Hall–Kier alpha value is -1.01. The molecule has 102 valence electrons. The molecule has 0 aliphatic carbocycles. The maximum Gasteiger partial charge on any atom is 0.223 e. The highest BCUT2D eigenvalue weighted by atomic mass is 32.2. The number of nitrogen functional groups attached to an aromatic ring is 1. The van der Waals surface area contributed by atoms with Gasteiger partial charge in [0.25, 0.3) is 0 Å². The second-order valence-corrected chi connectivity index (χ2v) is 7.25. The molecule has 3 N–H and O–H groups in total. The summed E-state index contributed by atoms with van der Waals surface area (Å²) >= 11 is 3.75. The van der Waals surface area contributed by atoms with Gasteiger partial charge in [-0.2, -0.15) is 16.7 Å². The molecule has 1 unspecified atom stereocenters. The highest BCUT2D eigenvalue weighted by Crippen LogP contribution is 2.31. The average molecular weight is 294 g/mol. The van der Waals surface area contributed by atoms with E-state index in [4.69, 9.17) is 5.73 Å². The standard InChI is InChI=1S/C13H18N4S2/c1-2-8-6-10-11(15-7-9-4-3-5-18-9)16-13(14)17-12(10)19-8/h6,9H,2-5,7H2,1H3,(H3,14,15,16,17). The van der Waals surface area contributed by atoms with Crippen LogP contribution in [0.3, 0.4) is 0 Å². The first kappa shape index (κ1) is 13.0. The zero-order valence-electron chi connectivity index (χ0n) is 11.0. The monoisotopic (exact) mass is 294 g/mol. The number of thioether (sulfide) groups is 1. The van der Waals surface area contributed by atoms with Gasteiger partial charge in [-0.3, -0.25) is 0 Å². The van der Waals surface area contributed by atoms with Crippen LogP contribution in [0.15, 0.2) is 6.07 Å². The summed E-state index contributed by atoms with van der Waals surface area (Å²) in [6, 6.07) is 2.18. The van der Waals surface area contributed by atoms with Gasteiger partial charge in [0, 0.05) is 16.7 Å². The van der Waals surface area contributed by atoms with E-state index < -0.39 is 0 Å². The van der Waals surface area contributed by atoms with Gasteiger partial charge in [0.05, 0.1) is 5.39 Å². The molecule has 3 heterocycles. The van der Waals surface area contributed by atoms with Crippen LogP contribution in [0.4, 0.5) is 11.8 Å². The third kappa shape index (κ3) is 2.79. The quantitative estimate of drug-likeness (QED) is 0.907. The first-order valence-corrected chi connectivity index (χ1v) is 8.54. The number of hydrogen-bond donors (Lipinski definition) is 2. The van der Waals surface area contributed by atoms with Crippen molar-refractivity contribution in [3.05, 3.63) is 10.9 Å². The van der Waals surface area contributed by atoms with E-state index in [1.165, 1.54) is 23.5 Å². The zero-order chi connectivity index (χ0) is 13.2. The Balaban J connectivity index is 1.85. The van der Waals surface area contributed by atoms with Crippen LogP contribution in [0.2, 0.25) is 0 Å². The zero-order valence-corrected chi connectivity index (χ0v) is 12.6. The molecular weight excluding hydrogens is 276 g/mol. The molecule has 0 spiro atoms. The van der Waals surface area contributed by atoms with E-state index >= 15 is 0 Å². The molecule has 0 aromatic carbocycles. The first-order chi connectivity index (χ1) is 9.26. The number of nitrogens with two attached hydrogens (primary N) is 1. The molecule has 1 saturated heterocycles. The number of hydrogen-bond acceptors (Lipinski definition) is 6. The minimum atomic E-state index is 0.360. The van der Waals surface area contributed by atoms with Crippen molar-refractivity contribution in [2.24, 2.45) is 0 Å². The van der Waals surface area contributed by atoms with Crippen LogP contribution in [0.25, 0.3) is 10.2 Å². The van der Waals surface area contributed by atoms with Crippen LogP contribution in [-0.4, -0.2) is 27.5 Å². The van der Waals surface area contributed by atoms with E-state index in [2.05, 4.69) is 28.3 Å². The lowest BCUT2D eigenvalue weighted by molar-refractivity contribution is 0.804. The Kier molecular flexibility index (Phi) is 3.79. The number of thiophene rings is 1. The normalized spacial score (nSPS) is 19.1. The first-order valence-electron chi connectivity index (χ1n) is 6.67. The van der Waals surface area contributed by atoms with Crippen molar-refractivity contribution in [2.75, 3.05) is 23.3 Å². The lowest BCUT2D eigenvalue weighted by atomic mass is 10.2. The molecule has 2 aromatic rings. The number of anilines is 2. The van der Waals surface area contributed by atoms with Crippen molar-refractivity contribution < 1.29 is 0 Å². The van der Waals surface area contributed by atoms with Crippen molar-refractivity contribution in [2.45, 2.75) is 31.4 Å². The smallest absolute Gasteiger partial charge is 0.223 e. The van der Waals surface area contributed by atoms with Gasteiger partial charge >= 0.3 is 0 Å². The van der Waals surface area contributed by atoms with Crippen molar-refractivity contribution in [1.29, 1.82) is 0 Å². The average Bonchev–Trinajstić information content (AvgIpc) is 3.04. The lowest BCUT2D eigenvalue weighted by Crippen LogP contribution is -2.15. The van der Waals surface area contributed by atoms with Gasteiger partial charge in [-0.25, -0.2) is 4.98 Å². The fourth-order valence-electron chi connectivity index (χ4n) is 2.31. The molecule has 0 radical (unpaired) electrons. The predicted molar refractivity (Wildman–Crippen MR) is 85.2 cm³/mol. The molecule has 0 bridgehead atoms. The van der Waals surface area contributed by atoms with Crippen molar-refractivity contribution in [3.8, 4) is 0 Å². The van der Waals surface area contributed by atoms with Gasteiger partial charge in [0.15, 0.2) is 0 Å². The molecule has 3 rings (SSSR count).